The van der Waals surface area contributed by atoms with Gasteiger partial charge in [-0.25, -0.2) is 0 Å². The third-order valence-corrected chi connectivity index (χ3v) is 5.81. The Kier molecular flexibility index (Phi) is 4.41. The molecule has 2 saturated carbocycles. The van der Waals surface area contributed by atoms with E-state index in [9.17, 15) is 4.79 Å². The molecule has 5 unspecified atom stereocenters. The Morgan fingerprint density at radius 2 is 1.91 bits per heavy atom. The SMILES string of the molecule is CC1OC(=O)C2CC3CC4(CCC3CC12)OCCO4.O=CO. The molecule has 0 aromatic heterocycles. The van der Waals surface area contributed by atoms with E-state index in [1.165, 1.54) is 6.42 Å². The van der Waals surface area contributed by atoms with Gasteiger partial charge in [0.2, 0.25) is 0 Å². The van der Waals surface area contributed by atoms with Crippen LogP contribution in [0.1, 0.15) is 39.0 Å². The van der Waals surface area contributed by atoms with E-state index in [-0.39, 0.29) is 30.3 Å². The van der Waals surface area contributed by atoms with Crippen LogP contribution in [-0.2, 0) is 23.8 Å². The van der Waals surface area contributed by atoms with Crippen LogP contribution in [0.3, 0.4) is 0 Å². The molecule has 0 bridgehead atoms. The Labute approximate surface area is 130 Å². The normalized spacial score (nSPS) is 41.9. The molecule has 6 nitrogen and oxygen atoms in total. The summed E-state index contributed by atoms with van der Waals surface area (Å²) in [6.07, 6.45) is 5.42. The summed E-state index contributed by atoms with van der Waals surface area (Å²) >= 11 is 0. The van der Waals surface area contributed by atoms with E-state index >= 15 is 0 Å². The van der Waals surface area contributed by atoms with Crippen LogP contribution < -0.4 is 0 Å². The van der Waals surface area contributed by atoms with Crippen LogP contribution in [0.2, 0.25) is 0 Å². The summed E-state index contributed by atoms with van der Waals surface area (Å²) in [4.78, 5) is 20.3. The summed E-state index contributed by atoms with van der Waals surface area (Å²) in [6.45, 7) is 3.25. The first-order valence-electron chi connectivity index (χ1n) is 8.15. The van der Waals surface area contributed by atoms with Gasteiger partial charge in [-0.15, -0.1) is 0 Å². The highest BCUT2D eigenvalue weighted by atomic mass is 16.7. The van der Waals surface area contributed by atoms with Crippen LogP contribution >= 0.6 is 0 Å². The van der Waals surface area contributed by atoms with Gasteiger partial charge in [-0.2, -0.15) is 0 Å². The fraction of sp³-hybridized carbons (Fsp3) is 0.875. The minimum atomic E-state index is -0.317. The molecular weight excluding hydrogens is 288 g/mol. The quantitative estimate of drug-likeness (QED) is 0.543. The first-order valence-corrected chi connectivity index (χ1v) is 8.15. The largest absolute Gasteiger partial charge is 0.483 e. The molecule has 0 aromatic carbocycles. The summed E-state index contributed by atoms with van der Waals surface area (Å²) in [7, 11) is 0. The summed E-state index contributed by atoms with van der Waals surface area (Å²) in [6, 6.07) is 0. The zero-order valence-corrected chi connectivity index (χ0v) is 12.9. The third-order valence-electron chi connectivity index (χ3n) is 5.81. The Morgan fingerprint density at radius 1 is 1.23 bits per heavy atom. The monoisotopic (exact) mass is 312 g/mol. The molecule has 4 rings (SSSR count). The second-order valence-electron chi connectivity index (χ2n) is 6.86. The lowest BCUT2D eigenvalue weighted by molar-refractivity contribution is -0.201. The molecule has 4 aliphatic rings. The topological polar surface area (TPSA) is 82.1 Å². The predicted molar refractivity (Wildman–Crippen MR) is 75.9 cm³/mol. The summed E-state index contributed by atoms with van der Waals surface area (Å²) in [5.41, 5.74) is 0. The lowest BCUT2D eigenvalue weighted by atomic mass is 9.62. The number of carbonyl (C=O) groups excluding carboxylic acids is 1. The number of cyclic esters (lactones) is 1. The second kappa shape index (κ2) is 6.16. The fourth-order valence-corrected chi connectivity index (χ4v) is 4.82. The van der Waals surface area contributed by atoms with Gasteiger partial charge < -0.3 is 19.3 Å². The molecule has 22 heavy (non-hydrogen) atoms. The lowest BCUT2D eigenvalue weighted by Crippen LogP contribution is -2.45. The summed E-state index contributed by atoms with van der Waals surface area (Å²) in [5, 5.41) is 6.89. The van der Waals surface area contributed by atoms with Gasteiger partial charge in [0.05, 0.1) is 19.1 Å². The van der Waals surface area contributed by atoms with Crippen molar-refractivity contribution < 1.29 is 28.9 Å². The summed E-state index contributed by atoms with van der Waals surface area (Å²) in [5.74, 6) is 1.61. The standard InChI is InChI=1S/C15H22O4.CH2O2/c1-9-12-6-10-2-3-15(17-4-5-18-15)8-11(10)7-13(12)14(16)19-9;2-1-3/h9-13H,2-8H2,1H3;1H,(H,2,3). The molecular formula is C16H24O6. The van der Waals surface area contributed by atoms with Gasteiger partial charge in [0.25, 0.3) is 6.47 Å². The Bertz CT molecular complexity index is 430. The number of hydrogen-bond donors (Lipinski definition) is 1. The number of carbonyl (C=O) groups is 2. The summed E-state index contributed by atoms with van der Waals surface area (Å²) < 4.78 is 17.1. The molecule has 6 heteroatoms. The Hall–Kier alpha value is -1.14. The van der Waals surface area contributed by atoms with Crippen molar-refractivity contribution in [1.82, 2.24) is 0 Å². The van der Waals surface area contributed by atoms with E-state index < -0.39 is 0 Å². The third kappa shape index (κ3) is 2.74. The van der Waals surface area contributed by atoms with Crippen LogP contribution in [0.5, 0.6) is 0 Å². The average molecular weight is 312 g/mol. The highest BCUT2D eigenvalue weighted by Gasteiger charge is 2.53. The van der Waals surface area contributed by atoms with E-state index in [1.54, 1.807) is 0 Å². The lowest BCUT2D eigenvalue weighted by Gasteiger charge is -2.46. The molecule has 124 valence electrons. The minimum Gasteiger partial charge on any atom is -0.483 e. The predicted octanol–water partition coefficient (Wildman–Crippen LogP) is 1.82. The fourth-order valence-electron chi connectivity index (χ4n) is 4.82. The van der Waals surface area contributed by atoms with E-state index in [0.717, 1.165) is 44.8 Å². The van der Waals surface area contributed by atoms with Crippen molar-refractivity contribution in [1.29, 1.82) is 0 Å². The van der Waals surface area contributed by atoms with Gasteiger partial charge in [-0.3, -0.25) is 9.59 Å². The first kappa shape index (κ1) is 15.7. The van der Waals surface area contributed by atoms with Crippen molar-refractivity contribution in [3.63, 3.8) is 0 Å². The molecule has 2 aliphatic heterocycles. The van der Waals surface area contributed by atoms with Gasteiger partial charge in [0.15, 0.2) is 5.79 Å². The molecule has 5 atom stereocenters. The van der Waals surface area contributed by atoms with Crippen molar-refractivity contribution in [3.05, 3.63) is 0 Å². The van der Waals surface area contributed by atoms with Crippen molar-refractivity contribution in [2.75, 3.05) is 13.2 Å². The highest BCUT2D eigenvalue weighted by Crippen LogP contribution is 2.53. The number of fused-ring (bicyclic) bond motifs is 2. The zero-order valence-electron chi connectivity index (χ0n) is 12.9. The maximum atomic E-state index is 11.9. The van der Waals surface area contributed by atoms with Crippen LogP contribution in [0.15, 0.2) is 0 Å². The molecule has 0 radical (unpaired) electrons. The molecule has 0 amide bonds. The van der Waals surface area contributed by atoms with Crippen molar-refractivity contribution in [2.24, 2.45) is 23.7 Å². The number of esters is 1. The van der Waals surface area contributed by atoms with Gasteiger partial charge in [-0.1, -0.05) is 0 Å². The van der Waals surface area contributed by atoms with Gasteiger partial charge >= 0.3 is 5.97 Å². The molecule has 0 aromatic rings. The molecule has 4 fully saturated rings. The maximum Gasteiger partial charge on any atom is 0.309 e. The van der Waals surface area contributed by atoms with Crippen molar-refractivity contribution in [3.8, 4) is 0 Å². The smallest absolute Gasteiger partial charge is 0.309 e. The molecule has 2 saturated heterocycles. The van der Waals surface area contributed by atoms with Crippen molar-refractivity contribution in [2.45, 2.75) is 50.9 Å². The zero-order chi connectivity index (χ0) is 15.7. The number of rotatable bonds is 0. The minimum absolute atomic E-state index is 0.0313. The first-order chi connectivity index (χ1) is 10.6. The van der Waals surface area contributed by atoms with E-state index in [1.807, 2.05) is 0 Å². The van der Waals surface area contributed by atoms with E-state index in [2.05, 4.69) is 6.92 Å². The number of hydrogen-bond acceptors (Lipinski definition) is 5. The van der Waals surface area contributed by atoms with E-state index in [0.29, 0.717) is 11.8 Å². The molecule has 2 heterocycles. The van der Waals surface area contributed by atoms with Gasteiger partial charge in [0, 0.05) is 18.8 Å². The van der Waals surface area contributed by atoms with Crippen LogP contribution in [0.4, 0.5) is 0 Å². The van der Waals surface area contributed by atoms with Crippen molar-refractivity contribution >= 4 is 12.4 Å². The Balaban J connectivity index is 0.000000446. The molecule has 1 spiro atoms. The molecule has 2 aliphatic carbocycles. The van der Waals surface area contributed by atoms with Gasteiger partial charge in [0.1, 0.15) is 6.10 Å². The molecule has 1 N–H and O–H groups in total. The van der Waals surface area contributed by atoms with Crippen LogP contribution in [0, 0.1) is 23.7 Å². The Morgan fingerprint density at radius 3 is 2.59 bits per heavy atom. The van der Waals surface area contributed by atoms with Gasteiger partial charge in [-0.05, 0) is 38.0 Å². The number of carboxylic acid groups (broad SMARTS) is 1. The van der Waals surface area contributed by atoms with Crippen LogP contribution in [0.25, 0.3) is 0 Å². The number of ether oxygens (including phenoxy) is 3. The highest BCUT2D eigenvalue weighted by molar-refractivity contribution is 5.75. The van der Waals surface area contributed by atoms with E-state index in [4.69, 9.17) is 24.1 Å². The second-order valence-corrected chi connectivity index (χ2v) is 6.86. The maximum absolute atomic E-state index is 11.9. The average Bonchev–Trinajstić information content (AvgIpc) is 3.04. The van der Waals surface area contributed by atoms with Crippen LogP contribution in [-0.4, -0.2) is 42.7 Å².